The molecule has 1 atom stereocenters. The largest absolute Gasteiger partial charge is 0.497 e. The summed E-state index contributed by atoms with van der Waals surface area (Å²) in [5.74, 6) is 1.08. The fourth-order valence-electron chi connectivity index (χ4n) is 3.04. The van der Waals surface area contributed by atoms with Crippen LogP contribution in [0.2, 0.25) is 0 Å². The van der Waals surface area contributed by atoms with Gasteiger partial charge in [0.1, 0.15) is 5.75 Å². The van der Waals surface area contributed by atoms with Crippen molar-refractivity contribution in [2.24, 2.45) is 0 Å². The van der Waals surface area contributed by atoms with Gasteiger partial charge in [-0.2, -0.15) is 4.52 Å². The number of anilines is 1. The molecule has 0 saturated heterocycles. The Morgan fingerprint density at radius 2 is 1.89 bits per heavy atom. The Morgan fingerprint density at radius 3 is 2.57 bits per heavy atom. The molecule has 1 N–H and O–H groups in total. The molecule has 28 heavy (non-hydrogen) atoms. The molecule has 8 heteroatoms. The third-order valence-corrected chi connectivity index (χ3v) is 5.31. The fourth-order valence-corrected chi connectivity index (χ4v) is 3.78. The first-order chi connectivity index (χ1) is 13.7. The summed E-state index contributed by atoms with van der Waals surface area (Å²) in [5, 5.41) is 16.3. The highest BCUT2D eigenvalue weighted by molar-refractivity contribution is 7.20. The Hall–Kier alpha value is -3.26. The third-order valence-electron chi connectivity index (χ3n) is 4.50. The van der Waals surface area contributed by atoms with E-state index in [9.17, 15) is 4.79 Å². The number of carbonyl (C=O) groups excluding carboxylic acids is 1. The van der Waals surface area contributed by atoms with Gasteiger partial charge in [0.2, 0.25) is 16.0 Å². The van der Waals surface area contributed by atoms with Crippen molar-refractivity contribution >= 4 is 27.3 Å². The molecule has 0 radical (unpaired) electrons. The Labute approximate surface area is 166 Å². The third kappa shape index (κ3) is 3.46. The van der Waals surface area contributed by atoms with Crippen LogP contribution >= 0.6 is 11.3 Å². The van der Waals surface area contributed by atoms with Crippen molar-refractivity contribution in [3.8, 4) is 17.1 Å². The van der Waals surface area contributed by atoms with Crippen molar-refractivity contribution in [1.29, 1.82) is 0 Å². The van der Waals surface area contributed by atoms with Crippen LogP contribution in [0.1, 0.15) is 24.8 Å². The molecule has 0 bridgehead atoms. The lowest BCUT2D eigenvalue weighted by Crippen LogP contribution is -2.20. The van der Waals surface area contributed by atoms with E-state index in [1.165, 1.54) is 11.3 Å². The van der Waals surface area contributed by atoms with Crippen LogP contribution < -0.4 is 10.1 Å². The van der Waals surface area contributed by atoms with E-state index in [-0.39, 0.29) is 11.8 Å². The van der Waals surface area contributed by atoms with E-state index in [2.05, 4.69) is 20.6 Å². The van der Waals surface area contributed by atoms with Crippen LogP contribution in [0.3, 0.4) is 0 Å². The number of methoxy groups -OCH3 is 1. The summed E-state index contributed by atoms with van der Waals surface area (Å²) >= 11 is 1.29. The minimum Gasteiger partial charge on any atom is -0.497 e. The van der Waals surface area contributed by atoms with Gasteiger partial charge in [0, 0.05) is 5.56 Å². The van der Waals surface area contributed by atoms with Crippen molar-refractivity contribution in [2.75, 3.05) is 12.4 Å². The van der Waals surface area contributed by atoms with Crippen molar-refractivity contribution < 1.29 is 9.53 Å². The minimum atomic E-state index is -0.225. The molecule has 0 unspecified atom stereocenters. The number of aromatic nitrogens is 4. The SMILES string of the molecule is CC[C@H](C(=O)Nc1nn2c(-c3ccc(OC)cc3)nnc2s1)c1ccccc1. The van der Waals surface area contributed by atoms with Gasteiger partial charge in [-0.1, -0.05) is 48.6 Å². The molecular formula is C20H19N5O2S. The van der Waals surface area contributed by atoms with E-state index in [1.807, 2.05) is 61.5 Å². The quantitative estimate of drug-likeness (QED) is 0.536. The van der Waals surface area contributed by atoms with E-state index in [0.29, 0.717) is 22.3 Å². The first-order valence-electron chi connectivity index (χ1n) is 8.92. The van der Waals surface area contributed by atoms with Crippen molar-refractivity contribution in [3.05, 3.63) is 60.2 Å². The van der Waals surface area contributed by atoms with Gasteiger partial charge >= 0.3 is 0 Å². The van der Waals surface area contributed by atoms with Crippen molar-refractivity contribution in [3.63, 3.8) is 0 Å². The summed E-state index contributed by atoms with van der Waals surface area (Å²) in [5.41, 5.74) is 1.86. The summed E-state index contributed by atoms with van der Waals surface area (Å²) in [6, 6.07) is 17.3. The highest BCUT2D eigenvalue weighted by atomic mass is 32.1. The second kappa shape index (κ2) is 7.77. The maximum absolute atomic E-state index is 12.8. The Kier molecular flexibility index (Phi) is 5.03. The maximum Gasteiger partial charge on any atom is 0.236 e. The molecule has 4 aromatic rings. The molecule has 1 amide bonds. The van der Waals surface area contributed by atoms with Gasteiger partial charge in [-0.05, 0) is 36.2 Å². The highest BCUT2D eigenvalue weighted by Crippen LogP contribution is 2.27. The summed E-state index contributed by atoms with van der Waals surface area (Å²) in [6.45, 7) is 2.00. The maximum atomic E-state index is 12.8. The van der Waals surface area contributed by atoms with Gasteiger partial charge < -0.3 is 4.74 Å². The first-order valence-corrected chi connectivity index (χ1v) is 9.73. The molecular weight excluding hydrogens is 374 g/mol. The van der Waals surface area contributed by atoms with E-state index in [4.69, 9.17) is 4.74 Å². The van der Waals surface area contributed by atoms with Crippen LogP contribution in [-0.2, 0) is 4.79 Å². The van der Waals surface area contributed by atoms with Crippen LogP contribution in [0.15, 0.2) is 54.6 Å². The highest BCUT2D eigenvalue weighted by Gasteiger charge is 2.21. The number of ether oxygens (including phenoxy) is 1. The number of amides is 1. The summed E-state index contributed by atoms with van der Waals surface area (Å²) in [7, 11) is 1.62. The van der Waals surface area contributed by atoms with Gasteiger partial charge in [-0.25, -0.2) is 0 Å². The van der Waals surface area contributed by atoms with Crippen molar-refractivity contribution in [2.45, 2.75) is 19.3 Å². The van der Waals surface area contributed by atoms with Crippen LogP contribution in [-0.4, -0.2) is 32.8 Å². The van der Waals surface area contributed by atoms with Gasteiger partial charge in [-0.15, -0.1) is 15.3 Å². The second-order valence-corrected chi connectivity index (χ2v) is 7.17. The topological polar surface area (TPSA) is 81.4 Å². The standard InChI is InChI=1S/C20H19N5O2S/c1-3-16(13-7-5-4-6-8-13)18(26)21-19-24-25-17(22-23-20(25)28-19)14-9-11-15(27-2)12-10-14/h4-12,16H,3H2,1-2H3,(H,21,24,26)/t16-/m0/s1. The number of rotatable bonds is 6. The normalized spacial score (nSPS) is 12.1. The summed E-state index contributed by atoms with van der Waals surface area (Å²) < 4.78 is 6.83. The second-order valence-electron chi connectivity index (χ2n) is 6.21. The van der Waals surface area contributed by atoms with Gasteiger partial charge in [0.25, 0.3) is 0 Å². The predicted octanol–water partition coefficient (Wildman–Crippen LogP) is 3.99. The van der Waals surface area contributed by atoms with E-state index < -0.39 is 0 Å². The van der Waals surface area contributed by atoms with Crippen LogP contribution in [0.25, 0.3) is 16.3 Å². The van der Waals surface area contributed by atoms with Crippen molar-refractivity contribution in [1.82, 2.24) is 19.8 Å². The Balaban J connectivity index is 1.58. The van der Waals surface area contributed by atoms with Gasteiger partial charge in [-0.3, -0.25) is 10.1 Å². The molecule has 0 fully saturated rings. The lowest BCUT2D eigenvalue weighted by molar-refractivity contribution is -0.117. The molecule has 142 valence electrons. The Morgan fingerprint density at radius 1 is 1.14 bits per heavy atom. The molecule has 4 rings (SSSR count). The number of hydrogen-bond donors (Lipinski definition) is 1. The average molecular weight is 393 g/mol. The minimum absolute atomic E-state index is 0.0790. The summed E-state index contributed by atoms with van der Waals surface area (Å²) in [4.78, 5) is 13.4. The van der Waals surface area contributed by atoms with Gasteiger partial charge in [0.15, 0.2) is 5.82 Å². The zero-order valence-electron chi connectivity index (χ0n) is 15.5. The average Bonchev–Trinajstić information content (AvgIpc) is 3.29. The van der Waals surface area contributed by atoms with Gasteiger partial charge in [0.05, 0.1) is 13.0 Å². The molecule has 2 aromatic heterocycles. The lowest BCUT2D eigenvalue weighted by Gasteiger charge is -2.13. The number of nitrogens with one attached hydrogen (secondary N) is 1. The number of nitrogens with zero attached hydrogens (tertiary/aromatic N) is 4. The molecule has 0 aliphatic rings. The zero-order valence-corrected chi connectivity index (χ0v) is 16.3. The molecule has 7 nitrogen and oxygen atoms in total. The fraction of sp³-hybridized carbons (Fsp3) is 0.200. The van der Waals surface area contributed by atoms with Crippen LogP contribution in [0.5, 0.6) is 5.75 Å². The lowest BCUT2D eigenvalue weighted by atomic mass is 9.96. The zero-order chi connectivity index (χ0) is 19.5. The monoisotopic (exact) mass is 393 g/mol. The van der Waals surface area contributed by atoms with E-state index >= 15 is 0 Å². The molecule has 0 saturated carbocycles. The van der Waals surface area contributed by atoms with E-state index in [0.717, 1.165) is 16.9 Å². The van der Waals surface area contributed by atoms with Crippen LogP contribution in [0.4, 0.5) is 5.13 Å². The molecule has 0 aliphatic carbocycles. The molecule has 2 aromatic carbocycles. The number of carbonyl (C=O) groups is 1. The van der Waals surface area contributed by atoms with Crippen LogP contribution in [0, 0.1) is 0 Å². The Bertz CT molecular complexity index is 1090. The molecule has 0 spiro atoms. The first kappa shape index (κ1) is 18.1. The molecule has 0 aliphatic heterocycles. The predicted molar refractivity (Wildman–Crippen MR) is 109 cm³/mol. The smallest absolute Gasteiger partial charge is 0.236 e. The number of benzene rings is 2. The number of fused-ring (bicyclic) bond motifs is 1. The summed E-state index contributed by atoms with van der Waals surface area (Å²) in [6.07, 6.45) is 0.705. The number of hydrogen-bond acceptors (Lipinski definition) is 6. The molecule has 2 heterocycles. The van der Waals surface area contributed by atoms with E-state index in [1.54, 1.807) is 11.6 Å².